The van der Waals surface area contributed by atoms with E-state index in [-0.39, 0.29) is 12.2 Å². The summed E-state index contributed by atoms with van der Waals surface area (Å²) in [5.41, 5.74) is 4.92. The van der Waals surface area contributed by atoms with Gasteiger partial charge in [0.1, 0.15) is 11.8 Å². The Labute approximate surface area is 254 Å². The molecule has 222 valence electrons. The van der Waals surface area contributed by atoms with E-state index >= 15 is 0 Å². The van der Waals surface area contributed by atoms with Gasteiger partial charge in [0.05, 0.1) is 6.61 Å². The number of benzene rings is 4. The van der Waals surface area contributed by atoms with Crippen molar-refractivity contribution in [3.63, 3.8) is 0 Å². The lowest BCUT2D eigenvalue weighted by Crippen LogP contribution is -2.34. The van der Waals surface area contributed by atoms with E-state index in [9.17, 15) is 14.7 Å². The molecule has 2 N–H and O–H groups in total. The molecule has 1 aliphatic rings. The summed E-state index contributed by atoms with van der Waals surface area (Å²) in [6, 6.07) is 31.5. The molecule has 6 heteroatoms. The van der Waals surface area contributed by atoms with E-state index in [1.165, 1.54) is 30.5 Å². The zero-order valence-corrected chi connectivity index (χ0v) is 24.7. The molecular formula is C37H40N2O4. The second-order valence-corrected chi connectivity index (χ2v) is 11.4. The molecule has 0 spiro atoms. The highest BCUT2D eigenvalue weighted by atomic mass is 16.5. The molecule has 0 aliphatic heterocycles. The number of para-hydroxylation sites is 1. The highest BCUT2D eigenvalue weighted by Crippen LogP contribution is 2.29. The number of ketones is 1. The molecule has 1 atom stereocenters. The third-order valence-corrected chi connectivity index (χ3v) is 8.11. The third kappa shape index (κ3) is 8.25. The van der Waals surface area contributed by atoms with Crippen LogP contribution in [0.15, 0.2) is 103 Å². The number of carboxylic acid groups (broad SMARTS) is 1. The fraction of sp³-hybridized carbons (Fsp3) is 0.297. The highest BCUT2D eigenvalue weighted by molar-refractivity contribution is 6.12. The molecule has 6 nitrogen and oxygen atoms in total. The normalized spacial score (nSPS) is 13.5. The van der Waals surface area contributed by atoms with Crippen molar-refractivity contribution in [2.24, 2.45) is 5.92 Å². The average Bonchev–Trinajstić information content (AvgIpc) is 3.00. The zero-order valence-electron chi connectivity index (χ0n) is 24.7. The van der Waals surface area contributed by atoms with Crippen molar-refractivity contribution in [2.45, 2.75) is 45.1 Å². The molecule has 0 amide bonds. The Morgan fingerprint density at radius 1 is 0.930 bits per heavy atom. The summed E-state index contributed by atoms with van der Waals surface area (Å²) in [5, 5.41) is 13.1. The van der Waals surface area contributed by atoms with Crippen LogP contribution in [0.1, 0.15) is 52.7 Å². The van der Waals surface area contributed by atoms with Gasteiger partial charge in [-0.2, -0.15) is 0 Å². The molecular weight excluding hydrogens is 536 g/mol. The maximum absolute atomic E-state index is 13.1. The Bertz CT molecular complexity index is 1500. The predicted octanol–water partition coefficient (Wildman–Crippen LogP) is 7.41. The first-order chi connectivity index (χ1) is 21.0. The molecule has 4 aromatic rings. The van der Waals surface area contributed by atoms with Crippen LogP contribution in [0.5, 0.6) is 5.75 Å². The van der Waals surface area contributed by atoms with E-state index in [1.807, 2.05) is 42.5 Å². The van der Waals surface area contributed by atoms with Crippen LogP contribution in [0.4, 0.5) is 11.4 Å². The van der Waals surface area contributed by atoms with Crippen LogP contribution in [-0.4, -0.2) is 42.6 Å². The van der Waals surface area contributed by atoms with E-state index in [1.54, 1.807) is 36.4 Å². The minimum Gasteiger partial charge on any atom is -0.494 e. The number of anilines is 2. The summed E-state index contributed by atoms with van der Waals surface area (Å²) in [7, 11) is 0. The van der Waals surface area contributed by atoms with Crippen LogP contribution in [0.25, 0.3) is 0 Å². The van der Waals surface area contributed by atoms with Crippen LogP contribution in [-0.2, 0) is 11.2 Å². The fourth-order valence-corrected chi connectivity index (χ4v) is 5.48. The van der Waals surface area contributed by atoms with Gasteiger partial charge in [-0.15, -0.1) is 0 Å². The van der Waals surface area contributed by atoms with Gasteiger partial charge in [-0.05, 0) is 79.6 Å². The van der Waals surface area contributed by atoms with E-state index in [0.29, 0.717) is 23.4 Å². The first-order valence-corrected chi connectivity index (χ1v) is 15.2. The molecule has 1 fully saturated rings. The number of hydrogen-bond acceptors (Lipinski definition) is 5. The molecule has 0 aromatic heterocycles. The zero-order chi connectivity index (χ0) is 30.0. The van der Waals surface area contributed by atoms with Crippen LogP contribution >= 0.6 is 0 Å². The molecule has 0 saturated heterocycles. The number of nitrogens with zero attached hydrogens (tertiary/aromatic N) is 1. The van der Waals surface area contributed by atoms with Crippen molar-refractivity contribution in [2.75, 3.05) is 29.9 Å². The summed E-state index contributed by atoms with van der Waals surface area (Å²) in [5.74, 6) is 0.418. The Kier molecular flexibility index (Phi) is 10.1. The van der Waals surface area contributed by atoms with Crippen molar-refractivity contribution in [1.29, 1.82) is 0 Å². The predicted molar refractivity (Wildman–Crippen MR) is 172 cm³/mol. The molecule has 0 heterocycles. The second-order valence-electron chi connectivity index (χ2n) is 11.4. The highest BCUT2D eigenvalue weighted by Gasteiger charge is 2.22. The summed E-state index contributed by atoms with van der Waals surface area (Å²) in [4.78, 5) is 27.8. The van der Waals surface area contributed by atoms with Gasteiger partial charge >= 0.3 is 5.97 Å². The lowest BCUT2D eigenvalue weighted by Gasteiger charge is -2.34. The van der Waals surface area contributed by atoms with Gasteiger partial charge in [0.2, 0.25) is 0 Å². The Morgan fingerprint density at radius 3 is 2.37 bits per heavy atom. The monoisotopic (exact) mass is 576 g/mol. The Balaban J connectivity index is 1.15. The van der Waals surface area contributed by atoms with Gasteiger partial charge in [0.15, 0.2) is 5.78 Å². The van der Waals surface area contributed by atoms with Gasteiger partial charge in [-0.1, -0.05) is 73.2 Å². The number of ether oxygens (including phenoxy) is 1. The van der Waals surface area contributed by atoms with E-state index in [2.05, 4.69) is 41.4 Å². The van der Waals surface area contributed by atoms with Gasteiger partial charge in [-0.25, -0.2) is 4.79 Å². The number of carboxylic acids is 1. The molecule has 5 rings (SSSR count). The van der Waals surface area contributed by atoms with Crippen molar-refractivity contribution >= 4 is 23.1 Å². The minimum absolute atomic E-state index is 0.153. The Hall–Kier alpha value is -4.58. The largest absolute Gasteiger partial charge is 0.494 e. The van der Waals surface area contributed by atoms with E-state index in [4.69, 9.17) is 4.74 Å². The summed E-state index contributed by atoms with van der Waals surface area (Å²) in [6.07, 6.45) is 5.16. The summed E-state index contributed by atoms with van der Waals surface area (Å²) < 4.78 is 6.05. The number of nitrogens with one attached hydrogen (secondary N) is 1. The van der Waals surface area contributed by atoms with Gasteiger partial charge in [0.25, 0.3) is 0 Å². The van der Waals surface area contributed by atoms with Crippen LogP contribution in [0.3, 0.4) is 0 Å². The second kappa shape index (κ2) is 14.5. The topological polar surface area (TPSA) is 78.9 Å². The molecule has 4 aromatic carbocycles. The first-order valence-electron chi connectivity index (χ1n) is 15.2. The van der Waals surface area contributed by atoms with Crippen LogP contribution in [0, 0.1) is 12.8 Å². The lowest BCUT2D eigenvalue weighted by atomic mass is 9.85. The molecule has 0 unspecified atom stereocenters. The van der Waals surface area contributed by atoms with Crippen LogP contribution < -0.4 is 15.0 Å². The smallest absolute Gasteiger partial charge is 0.326 e. The third-order valence-electron chi connectivity index (χ3n) is 8.11. The van der Waals surface area contributed by atoms with Gasteiger partial charge in [-0.3, -0.25) is 4.79 Å². The molecule has 1 saturated carbocycles. The summed E-state index contributed by atoms with van der Waals surface area (Å²) in [6.45, 7) is 4.79. The van der Waals surface area contributed by atoms with E-state index in [0.717, 1.165) is 36.7 Å². The quantitative estimate of drug-likeness (QED) is 0.113. The number of hydrogen-bond donors (Lipinski definition) is 2. The standard InChI is InChI=1S/C37H40N2O4/c1-27-10-7-15-31(24-27)39(26-29-11-8-12-29)22-9-23-43-32-20-18-28(19-21-32)25-35(37(41)42)38-34-17-6-5-16-33(34)36(40)30-13-3-2-4-14-30/h2-7,10,13-21,24,29,35,38H,8-9,11-12,22-23,25-26H2,1H3,(H,41,42)/t35-/m0/s1. The van der Waals surface area contributed by atoms with E-state index < -0.39 is 12.0 Å². The molecule has 1 aliphatic carbocycles. The van der Waals surface area contributed by atoms with Crippen molar-refractivity contribution in [3.05, 3.63) is 125 Å². The Morgan fingerprint density at radius 2 is 1.67 bits per heavy atom. The van der Waals surface area contributed by atoms with Crippen LogP contribution in [0.2, 0.25) is 0 Å². The lowest BCUT2D eigenvalue weighted by molar-refractivity contribution is -0.137. The summed E-state index contributed by atoms with van der Waals surface area (Å²) >= 11 is 0. The SMILES string of the molecule is Cc1cccc(N(CCCOc2ccc(C[C@H](Nc3ccccc3C(=O)c3ccccc3)C(=O)O)cc2)CC2CCC2)c1. The van der Waals surface area contributed by atoms with Crippen molar-refractivity contribution < 1.29 is 19.4 Å². The maximum Gasteiger partial charge on any atom is 0.326 e. The van der Waals surface area contributed by atoms with Gasteiger partial charge in [0, 0.05) is 42.0 Å². The number of carbonyl (C=O) groups is 2. The fourth-order valence-electron chi connectivity index (χ4n) is 5.48. The number of carbonyl (C=O) groups excluding carboxylic acids is 1. The number of aryl methyl sites for hydroxylation is 1. The average molecular weight is 577 g/mol. The molecule has 0 bridgehead atoms. The number of rotatable bonds is 15. The van der Waals surface area contributed by atoms with Gasteiger partial charge < -0.3 is 20.1 Å². The molecule has 0 radical (unpaired) electrons. The number of aliphatic carboxylic acids is 1. The molecule has 43 heavy (non-hydrogen) atoms. The first kappa shape index (κ1) is 29.9. The van der Waals surface area contributed by atoms with Crippen molar-refractivity contribution in [3.8, 4) is 5.75 Å². The minimum atomic E-state index is -0.984. The maximum atomic E-state index is 13.1. The van der Waals surface area contributed by atoms with Crippen molar-refractivity contribution in [1.82, 2.24) is 0 Å².